The van der Waals surface area contributed by atoms with Crippen LogP contribution >= 0.6 is 0 Å². The van der Waals surface area contributed by atoms with Gasteiger partial charge in [0.05, 0.1) is 16.6 Å². The van der Waals surface area contributed by atoms with E-state index in [2.05, 4.69) is 11.5 Å². The van der Waals surface area contributed by atoms with Crippen molar-refractivity contribution in [2.75, 3.05) is 0 Å². The van der Waals surface area contributed by atoms with E-state index in [1.165, 1.54) is 6.07 Å². The van der Waals surface area contributed by atoms with Crippen LogP contribution in [0.3, 0.4) is 0 Å². The van der Waals surface area contributed by atoms with Crippen LogP contribution in [-0.4, -0.2) is 9.55 Å². The molecule has 0 atom stereocenters. The van der Waals surface area contributed by atoms with E-state index in [9.17, 15) is 4.39 Å². The zero-order chi connectivity index (χ0) is 14.6. The zero-order valence-electron chi connectivity index (χ0n) is 12.5. The Hall–Kier alpha value is -1.42. The Labute approximate surface area is 124 Å². The van der Waals surface area contributed by atoms with Crippen molar-refractivity contribution in [1.82, 2.24) is 9.55 Å². The Kier molecular flexibility index (Phi) is 2.86. The van der Waals surface area contributed by atoms with Crippen molar-refractivity contribution in [3.63, 3.8) is 0 Å². The summed E-state index contributed by atoms with van der Waals surface area (Å²) >= 11 is 0. The number of hydrogen-bond acceptors (Lipinski definition) is 2. The van der Waals surface area contributed by atoms with Gasteiger partial charge in [-0.1, -0.05) is 6.92 Å². The molecule has 112 valence electrons. The Balaban J connectivity index is 1.86. The summed E-state index contributed by atoms with van der Waals surface area (Å²) in [6.45, 7) is 2.29. The minimum absolute atomic E-state index is 0.195. The fourth-order valence-electron chi connectivity index (χ4n) is 3.62. The van der Waals surface area contributed by atoms with Crippen molar-refractivity contribution in [3.8, 4) is 0 Å². The second kappa shape index (κ2) is 4.54. The number of aromatic nitrogens is 2. The lowest BCUT2D eigenvalue weighted by Gasteiger charge is -2.36. The molecular weight excluding hydrogens is 265 g/mol. The van der Waals surface area contributed by atoms with Crippen LogP contribution in [0.5, 0.6) is 0 Å². The van der Waals surface area contributed by atoms with Gasteiger partial charge in [0.2, 0.25) is 0 Å². The van der Waals surface area contributed by atoms with E-state index >= 15 is 0 Å². The summed E-state index contributed by atoms with van der Waals surface area (Å²) in [6.07, 6.45) is 6.57. The highest BCUT2D eigenvalue weighted by molar-refractivity contribution is 5.76. The summed E-state index contributed by atoms with van der Waals surface area (Å²) < 4.78 is 15.9. The summed E-state index contributed by atoms with van der Waals surface area (Å²) in [5, 5.41) is 0. The van der Waals surface area contributed by atoms with Gasteiger partial charge in [0.25, 0.3) is 0 Å². The van der Waals surface area contributed by atoms with Crippen molar-refractivity contribution in [2.45, 2.75) is 57.0 Å². The van der Waals surface area contributed by atoms with Gasteiger partial charge in [-0.25, -0.2) is 9.37 Å². The van der Waals surface area contributed by atoms with Crippen molar-refractivity contribution >= 4 is 11.0 Å². The number of benzene rings is 1. The fraction of sp³-hybridized carbons (Fsp3) is 0.588. The average molecular weight is 287 g/mol. The number of hydrogen-bond donors (Lipinski definition) is 1. The number of fused-ring (bicyclic) bond motifs is 1. The predicted octanol–water partition coefficient (Wildman–Crippen LogP) is 3.87. The van der Waals surface area contributed by atoms with Gasteiger partial charge in [0.1, 0.15) is 11.6 Å². The monoisotopic (exact) mass is 287 g/mol. The van der Waals surface area contributed by atoms with E-state index in [4.69, 9.17) is 10.7 Å². The lowest BCUT2D eigenvalue weighted by atomic mass is 9.77. The molecule has 4 rings (SSSR count). The quantitative estimate of drug-likeness (QED) is 0.911. The van der Waals surface area contributed by atoms with E-state index in [-0.39, 0.29) is 11.4 Å². The van der Waals surface area contributed by atoms with Gasteiger partial charge in [0, 0.05) is 6.04 Å². The molecule has 0 unspecified atom stereocenters. The van der Waals surface area contributed by atoms with Crippen molar-refractivity contribution in [2.24, 2.45) is 11.7 Å². The number of imidazole rings is 1. The molecule has 0 amide bonds. The summed E-state index contributed by atoms with van der Waals surface area (Å²) in [6, 6.07) is 5.34. The Morgan fingerprint density at radius 1 is 1.24 bits per heavy atom. The normalized spacial score (nSPS) is 30.0. The summed E-state index contributed by atoms with van der Waals surface area (Å²) in [7, 11) is 0. The van der Waals surface area contributed by atoms with Crippen LogP contribution in [0, 0.1) is 11.7 Å². The summed E-state index contributed by atoms with van der Waals surface area (Å²) in [5.74, 6) is 1.54. The molecule has 0 saturated heterocycles. The molecule has 2 aromatic rings. The first-order valence-corrected chi connectivity index (χ1v) is 8.04. The molecule has 21 heavy (non-hydrogen) atoms. The number of halogens is 1. The van der Waals surface area contributed by atoms with E-state index in [0.29, 0.717) is 6.04 Å². The minimum Gasteiger partial charge on any atom is -0.323 e. The van der Waals surface area contributed by atoms with Crippen LogP contribution in [0.4, 0.5) is 4.39 Å². The molecule has 2 saturated carbocycles. The highest BCUT2D eigenvalue weighted by Crippen LogP contribution is 2.44. The zero-order valence-corrected chi connectivity index (χ0v) is 12.5. The van der Waals surface area contributed by atoms with Crippen LogP contribution in [0.2, 0.25) is 0 Å². The fourth-order valence-corrected chi connectivity index (χ4v) is 3.62. The Bertz CT molecular complexity index is 679. The lowest BCUT2D eigenvalue weighted by molar-refractivity contribution is 0.231. The summed E-state index contributed by atoms with van der Waals surface area (Å²) in [4.78, 5) is 4.81. The smallest absolute Gasteiger partial charge is 0.130 e. The largest absolute Gasteiger partial charge is 0.323 e. The molecule has 0 bridgehead atoms. The standard InChI is InChI=1S/C17H22FN3/c1-11-6-8-17(19,9-7-11)16-20-14-5-2-12(18)10-15(14)21(16)13-3-4-13/h2,5,10-11,13H,3-4,6-9,19H2,1H3. The van der Waals surface area contributed by atoms with Crippen LogP contribution in [0.15, 0.2) is 18.2 Å². The van der Waals surface area contributed by atoms with Gasteiger partial charge >= 0.3 is 0 Å². The van der Waals surface area contributed by atoms with Crippen LogP contribution in [0.25, 0.3) is 11.0 Å². The molecule has 1 heterocycles. The topological polar surface area (TPSA) is 43.8 Å². The molecule has 2 fully saturated rings. The van der Waals surface area contributed by atoms with Gasteiger partial charge in [-0.05, 0) is 62.6 Å². The van der Waals surface area contributed by atoms with E-state index in [0.717, 1.165) is 61.3 Å². The van der Waals surface area contributed by atoms with Gasteiger partial charge in [-0.3, -0.25) is 0 Å². The van der Waals surface area contributed by atoms with Crippen molar-refractivity contribution < 1.29 is 4.39 Å². The Morgan fingerprint density at radius 3 is 2.62 bits per heavy atom. The predicted molar refractivity (Wildman–Crippen MR) is 81.5 cm³/mol. The molecule has 0 radical (unpaired) electrons. The van der Waals surface area contributed by atoms with Gasteiger partial charge < -0.3 is 10.3 Å². The van der Waals surface area contributed by atoms with Gasteiger partial charge in [-0.15, -0.1) is 0 Å². The van der Waals surface area contributed by atoms with Crippen molar-refractivity contribution in [1.29, 1.82) is 0 Å². The second-order valence-corrected chi connectivity index (χ2v) is 7.01. The molecule has 2 aliphatic carbocycles. The van der Waals surface area contributed by atoms with E-state index in [1.807, 2.05) is 0 Å². The van der Waals surface area contributed by atoms with E-state index in [1.54, 1.807) is 12.1 Å². The molecule has 0 spiro atoms. The van der Waals surface area contributed by atoms with Crippen molar-refractivity contribution in [3.05, 3.63) is 29.8 Å². The van der Waals surface area contributed by atoms with Crippen LogP contribution in [0.1, 0.15) is 57.3 Å². The molecular formula is C17H22FN3. The molecule has 4 heteroatoms. The first-order valence-electron chi connectivity index (χ1n) is 8.04. The van der Waals surface area contributed by atoms with Gasteiger partial charge in [0.15, 0.2) is 0 Å². The molecule has 1 aromatic carbocycles. The molecule has 3 nitrogen and oxygen atoms in total. The SMILES string of the molecule is CC1CCC(N)(c2nc3ccc(F)cc3n2C2CC2)CC1. The highest BCUT2D eigenvalue weighted by Gasteiger charge is 2.39. The summed E-state index contributed by atoms with van der Waals surface area (Å²) in [5.41, 5.74) is 8.18. The minimum atomic E-state index is -0.343. The number of nitrogens with zero attached hydrogens (tertiary/aromatic N) is 2. The Morgan fingerprint density at radius 2 is 1.95 bits per heavy atom. The maximum atomic E-state index is 13.6. The molecule has 1 aromatic heterocycles. The van der Waals surface area contributed by atoms with Gasteiger partial charge in [-0.2, -0.15) is 0 Å². The first kappa shape index (κ1) is 13.3. The lowest BCUT2D eigenvalue weighted by Crippen LogP contribution is -2.42. The maximum Gasteiger partial charge on any atom is 0.130 e. The second-order valence-electron chi connectivity index (χ2n) is 7.01. The number of nitrogens with two attached hydrogens (primary N) is 1. The first-order chi connectivity index (χ1) is 10.1. The van der Waals surface area contributed by atoms with Crippen LogP contribution < -0.4 is 5.73 Å². The maximum absolute atomic E-state index is 13.6. The van der Waals surface area contributed by atoms with E-state index < -0.39 is 0 Å². The highest BCUT2D eigenvalue weighted by atomic mass is 19.1. The third-order valence-electron chi connectivity index (χ3n) is 5.18. The molecule has 2 N–H and O–H groups in total. The third kappa shape index (κ3) is 2.16. The number of rotatable bonds is 2. The molecule has 0 aliphatic heterocycles. The van der Waals surface area contributed by atoms with Crippen LogP contribution in [-0.2, 0) is 5.54 Å². The third-order valence-corrected chi connectivity index (χ3v) is 5.18. The average Bonchev–Trinajstić information content (AvgIpc) is 3.23. The molecule has 2 aliphatic rings.